The van der Waals surface area contributed by atoms with Gasteiger partial charge in [-0.1, -0.05) is 42.5 Å². The average molecular weight is 664 g/mol. The predicted octanol–water partition coefficient (Wildman–Crippen LogP) is 5.92. The lowest BCUT2D eigenvalue weighted by Crippen LogP contribution is -2.53. The lowest BCUT2D eigenvalue weighted by molar-refractivity contribution is -0.140. The second-order valence-electron chi connectivity index (χ2n) is 10.4. The Bertz CT molecular complexity index is 1690. The van der Waals surface area contributed by atoms with Crippen molar-refractivity contribution in [2.75, 3.05) is 30.3 Å². The lowest BCUT2D eigenvalue weighted by Gasteiger charge is -2.34. The number of likely N-dealkylation sites (N-methyl/N-ethyl adjacent to an activating group) is 1. The van der Waals surface area contributed by atoms with Crippen molar-refractivity contribution < 1.29 is 27.1 Å². The molecule has 0 saturated carbocycles. The number of amides is 2. The van der Waals surface area contributed by atoms with Crippen molar-refractivity contribution in [3.8, 4) is 5.75 Å². The molecule has 4 aromatic rings. The molecule has 8 nitrogen and oxygen atoms in total. The fraction of sp³-hybridized carbons (Fsp3) is 0.257. The quantitative estimate of drug-likeness (QED) is 0.159. The predicted molar refractivity (Wildman–Crippen MR) is 180 cm³/mol. The molecule has 0 aliphatic heterocycles. The van der Waals surface area contributed by atoms with Gasteiger partial charge in [0.05, 0.1) is 17.2 Å². The molecule has 0 aromatic heterocycles. The van der Waals surface area contributed by atoms with Crippen molar-refractivity contribution in [3.05, 3.63) is 120 Å². The highest BCUT2D eigenvalue weighted by molar-refractivity contribution is 7.98. The molecule has 0 radical (unpaired) electrons. The highest BCUT2D eigenvalue weighted by Crippen LogP contribution is 2.28. The maximum atomic E-state index is 14.4. The van der Waals surface area contributed by atoms with Crippen molar-refractivity contribution in [1.29, 1.82) is 0 Å². The zero-order chi connectivity index (χ0) is 33.1. The fourth-order valence-corrected chi connectivity index (χ4v) is 6.73. The van der Waals surface area contributed by atoms with Crippen molar-refractivity contribution in [2.24, 2.45) is 0 Å². The molecule has 0 spiro atoms. The molecule has 0 saturated heterocycles. The van der Waals surface area contributed by atoms with E-state index < -0.39 is 34.3 Å². The maximum Gasteiger partial charge on any atom is 0.264 e. The number of hydrogen-bond donors (Lipinski definition) is 1. The Morgan fingerprint density at radius 1 is 0.870 bits per heavy atom. The minimum Gasteiger partial charge on any atom is -0.494 e. The number of thioether (sulfide) groups is 1. The summed E-state index contributed by atoms with van der Waals surface area (Å²) in [4.78, 5) is 30.3. The van der Waals surface area contributed by atoms with Gasteiger partial charge < -0.3 is 15.0 Å². The van der Waals surface area contributed by atoms with Crippen LogP contribution in [-0.4, -0.2) is 57.1 Å². The molecule has 46 heavy (non-hydrogen) atoms. The standard InChI is InChI=1S/C35H38FN3O5S2/c1-4-37-35(41)33(23-26-9-7-6-8-10-26)38(24-27-11-13-28(36)14-12-27)34(40)25-39(29-15-17-30(18-16-29)44-5-2)46(42,43)32-21-19-31(45-3)20-22-32/h6-22,33H,4-5,23-25H2,1-3H3,(H,37,41)/t33-/m0/s1. The largest absolute Gasteiger partial charge is 0.494 e. The molecule has 1 N–H and O–H groups in total. The molecule has 242 valence electrons. The van der Waals surface area contributed by atoms with E-state index in [4.69, 9.17) is 4.74 Å². The van der Waals surface area contributed by atoms with E-state index in [1.807, 2.05) is 43.5 Å². The third kappa shape index (κ3) is 8.88. The van der Waals surface area contributed by atoms with Crippen LogP contribution in [-0.2, 0) is 32.6 Å². The van der Waals surface area contributed by atoms with Crippen LogP contribution in [0.5, 0.6) is 5.75 Å². The van der Waals surface area contributed by atoms with Gasteiger partial charge in [-0.3, -0.25) is 13.9 Å². The van der Waals surface area contributed by atoms with Gasteiger partial charge in [0.1, 0.15) is 24.2 Å². The molecule has 0 unspecified atom stereocenters. The Balaban J connectivity index is 1.79. The van der Waals surface area contributed by atoms with Gasteiger partial charge in [-0.15, -0.1) is 11.8 Å². The van der Waals surface area contributed by atoms with Gasteiger partial charge in [-0.2, -0.15) is 0 Å². The molecule has 0 fully saturated rings. The van der Waals surface area contributed by atoms with E-state index >= 15 is 0 Å². The van der Waals surface area contributed by atoms with Crippen LogP contribution in [0.4, 0.5) is 10.1 Å². The molecule has 4 rings (SSSR count). The molecular weight excluding hydrogens is 626 g/mol. The van der Waals surface area contributed by atoms with Gasteiger partial charge >= 0.3 is 0 Å². The fourth-order valence-electron chi connectivity index (χ4n) is 4.91. The molecule has 0 heterocycles. The summed E-state index contributed by atoms with van der Waals surface area (Å²) < 4.78 is 48.8. The second kappa shape index (κ2) is 16.3. The molecular formula is C35H38FN3O5S2. The number of rotatable bonds is 15. The summed E-state index contributed by atoms with van der Waals surface area (Å²) in [6.07, 6.45) is 2.08. The Hall–Kier alpha value is -4.35. The summed E-state index contributed by atoms with van der Waals surface area (Å²) >= 11 is 1.48. The topological polar surface area (TPSA) is 96.0 Å². The molecule has 0 aliphatic carbocycles. The van der Waals surface area contributed by atoms with Crippen LogP contribution in [0.3, 0.4) is 0 Å². The van der Waals surface area contributed by atoms with E-state index in [2.05, 4.69) is 5.32 Å². The molecule has 11 heteroatoms. The number of hydrogen-bond acceptors (Lipinski definition) is 6. The van der Waals surface area contributed by atoms with E-state index in [1.165, 1.54) is 40.9 Å². The normalized spacial score (nSPS) is 11.8. The summed E-state index contributed by atoms with van der Waals surface area (Å²) in [6.45, 7) is 3.76. The van der Waals surface area contributed by atoms with Crippen LogP contribution < -0.4 is 14.4 Å². The van der Waals surface area contributed by atoms with Crippen molar-refractivity contribution in [1.82, 2.24) is 10.2 Å². The highest BCUT2D eigenvalue weighted by atomic mass is 32.2. The maximum absolute atomic E-state index is 14.4. The zero-order valence-electron chi connectivity index (χ0n) is 26.1. The first kappa shape index (κ1) is 34.5. The van der Waals surface area contributed by atoms with Crippen LogP contribution in [0, 0.1) is 5.82 Å². The monoisotopic (exact) mass is 663 g/mol. The van der Waals surface area contributed by atoms with E-state index in [9.17, 15) is 22.4 Å². The molecule has 4 aromatic carbocycles. The van der Waals surface area contributed by atoms with Gasteiger partial charge in [0.15, 0.2) is 0 Å². The summed E-state index contributed by atoms with van der Waals surface area (Å²) in [6, 6.07) is 26.8. The van der Waals surface area contributed by atoms with Gasteiger partial charge in [0, 0.05) is 24.4 Å². The lowest BCUT2D eigenvalue weighted by atomic mass is 10.0. The van der Waals surface area contributed by atoms with Crippen LogP contribution in [0.15, 0.2) is 113 Å². The first-order valence-corrected chi connectivity index (χ1v) is 17.6. The van der Waals surface area contributed by atoms with Crippen LogP contribution >= 0.6 is 11.8 Å². The summed E-state index contributed by atoms with van der Waals surface area (Å²) in [5.74, 6) is -0.873. The van der Waals surface area contributed by atoms with Crippen LogP contribution in [0.2, 0.25) is 0 Å². The second-order valence-corrected chi connectivity index (χ2v) is 13.1. The van der Waals surface area contributed by atoms with E-state index in [-0.39, 0.29) is 29.5 Å². The number of nitrogens with one attached hydrogen (secondary N) is 1. The number of halogens is 1. The SMILES string of the molecule is CCNC(=O)[C@H](Cc1ccccc1)N(Cc1ccc(F)cc1)C(=O)CN(c1ccc(OCC)cc1)S(=O)(=O)c1ccc(SC)cc1. The summed E-state index contributed by atoms with van der Waals surface area (Å²) in [5.41, 5.74) is 1.66. The van der Waals surface area contributed by atoms with Crippen LogP contribution in [0.1, 0.15) is 25.0 Å². The molecule has 1 atom stereocenters. The van der Waals surface area contributed by atoms with Gasteiger partial charge in [0.2, 0.25) is 11.8 Å². The van der Waals surface area contributed by atoms with Crippen molar-refractivity contribution >= 4 is 39.3 Å². The Labute approximate surface area is 274 Å². The smallest absolute Gasteiger partial charge is 0.264 e. The number of carbonyl (C=O) groups excluding carboxylic acids is 2. The summed E-state index contributed by atoms with van der Waals surface area (Å²) in [7, 11) is -4.24. The molecule has 0 bridgehead atoms. The highest BCUT2D eigenvalue weighted by Gasteiger charge is 2.34. The van der Waals surface area contributed by atoms with Crippen molar-refractivity contribution in [2.45, 2.75) is 42.6 Å². The number of ether oxygens (including phenoxy) is 1. The van der Waals surface area contributed by atoms with Gasteiger partial charge in [-0.05, 0) is 91.9 Å². The molecule has 2 amide bonds. The summed E-state index contributed by atoms with van der Waals surface area (Å²) in [5, 5.41) is 2.83. The third-order valence-corrected chi connectivity index (χ3v) is 9.78. The number of sulfonamides is 1. The minimum absolute atomic E-state index is 0.0154. The Morgan fingerprint density at radius 2 is 1.52 bits per heavy atom. The third-order valence-electron chi connectivity index (χ3n) is 7.25. The Morgan fingerprint density at radius 3 is 2.11 bits per heavy atom. The van der Waals surface area contributed by atoms with E-state index in [0.29, 0.717) is 24.5 Å². The first-order valence-electron chi connectivity index (χ1n) is 14.9. The van der Waals surface area contributed by atoms with Gasteiger partial charge in [-0.25, -0.2) is 12.8 Å². The van der Waals surface area contributed by atoms with E-state index in [1.54, 1.807) is 55.5 Å². The first-order chi connectivity index (χ1) is 22.2. The average Bonchev–Trinajstić information content (AvgIpc) is 3.07. The van der Waals surface area contributed by atoms with Gasteiger partial charge in [0.25, 0.3) is 10.0 Å². The van der Waals surface area contributed by atoms with Crippen molar-refractivity contribution in [3.63, 3.8) is 0 Å². The zero-order valence-corrected chi connectivity index (χ0v) is 27.7. The number of carbonyl (C=O) groups is 2. The Kier molecular flexibility index (Phi) is 12.2. The minimum atomic E-state index is -4.24. The van der Waals surface area contributed by atoms with Crippen LogP contribution in [0.25, 0.3) is 0 Å². The van der Waals surface area contributed by atoms with E-state index in [0.717, 1.165) is 14.8 Å². The number of anilines is 1. The number of benzene rings is 4. The molecule has 0 aliphatic rings. The number of nitrogens with zero attached hydrogens (tertiary/aromatic N) is 2.